The van der Waals surface area contributed by atoms with Crippen molar-refractivity contribution in [3.05, 3.63) is 22.0 Å². The second kappa shape index (κ2) is 3.43. The lowest BCUT2D eigenvalue weighted by Crippen LogP contribution is -2.09. The molecule has 0 unspecified atom stereocenters. The molecule has 8 heteroatoms. The van der Waals surface area contributed by atoms with Crippen LogP contribution in [0.2, 0.25) is 5.02 Å². The smallest absolute Gasteiger partial charge is 0.234 e. The standard InChI is InChI=1S/C7H5BrClN3O2S/c1-15(13,14)12-3-4(9)6-7(12)10-2-5(8)11-6/h2-3H,1H3. The Morgan fingerprint density at radius 3 is 2.80 bits per heavy atom. The van der Waals surface area contributed by atoms with Gasteiger partial charge in [-0.2, -0.15) is 0 Å². The molecular formula is C7H5BrClN3O2S. The lowest BCUT2D eigenvalue weighted by molar-refractivity contribution is 0.595. The minimum atomic E-state index is -3.41. The third kappa shape index (κ3) is 1.86. The SMILES string of the molecule is CS(=O)(=O)n1cc(Cl)c2nc(Br)cnc21. The molecule has 0 amide bonds. The Kier molecular flexibility index (Phi) is 2.48. The van der Waals surface area contributed by atoms with Gasteiger partial charge >= 0.3 is 0 Å². The van der Waals surface area contributed by atoms with Crippen LogP contribution < -0.4 is 0 Å². The fourth-order valence-electron chi connectivity index (χ4n) is 1.16. The Morgan fingerprint density at radius 2 is 2.20 bits per heavy atom. The summed E-state index contributed by atoms with van der Waals surface area (Å²) in [6.07, 6.45) is 3.78. The van der Waals surface area contributed by atoms with Crippen LogP contribution in [0.5, 0.6) is 0 Å². The van der Waals surface area contributed by atoms with Crippen molar-refractivity contribution in [2.24, 2.45) is 0 Å². The van der Waals surface area contributed by atoms with E-state index in [0.29, 0.717) is 10.1 Å². The zero-order valence-corrected chi connectivity index (χ0v) is 10.6. The molecule has 2 aromatic rings. The minimum absolute atomic E-state index is 0.228. The number of hydrogen-bond donors (Lipinski definition) is 0. The van der Waals surface area contributed by atoms with Gasteiger partial charge < -0.3 is 0 Å². The van der Waals surface area contributed by atoms with Gasteiger partial charge in [0.1, 0.15) is 10.1 Å². The Hall–Kier alpha value is -0.660. The normalized spacial score (nSPS) is 12.2. The number of halogens is 2. The van der Waals surface area contributed by atoms with Gasteiger partial charge in [-0.05, 0) is 15.9 Å². The summed E-state index contributed by atoms with van der Waals surface area (Å²) < 4.78 is 24.2. The van der Waals surface area contributed by atoms with Crippen molar-refractivity contribution >= 4 is 48.7 Å². The molecule has 0 aliphatic rings. The van der Waals surface area contributed by atoms with E-state index in [1.165, 1.54) is 12.4 Å². The van der Waals surface area contributed by atoms with E-state index in [4.69, 9.17) is 11.6 Å². The third-order valence-electron chi connectivity index (χ3n) is 1.75. The molecule has 15 heavy (non-hydrogen) atoms. The average molecular weight is 311 g/mol. The molecule has 2 aromatic heterocycles. The van der Waals surface area contributed by atoms with Crippen molar-refractivity contribution in [3.8, 4) is 0 Å². The molecule has 5 nitrogen and oxygen atoms in total. The molecule has 0 saturated heterocycles. The molecule has 0 spiro atoms. The number of rotatable bonds is 1. The fraction of sp³-hybridized carbons (Fsp3) is 0.143. The van der Waals surface area contributed by atoms with E-state index in [2.05, 4.69) is 25.9 Å². The number of nitrogens with zero attached hydrogens (tertiary/aromatic N) is 3. The maximum Gasteiger partial charge on any atom is 0.237 e. The van der Waals surface area contributed by atoms with E-state index in [-0.39, 0.29) is 10.7 Å². The highest BCUT2D eigenvalue weighted by Gasteiger charge is 2.16. The van der Waals surface area contributed by atoms with Gasteiger partial charge in [0.05, 0.1) is 17.5 Å². The maximum atomic E-state index is 11.4. The van der Waals surface area contributed by atoms with E-state index in [9.17, 15) is 8.42 Å². The molecule has 0 radical (unpaired) electrons. The quantitative estimate of drug-likeness (QED) is 0.803. The first kappa shape index (κ1) is 10.8. The van der Waals surface area contributed by atoms with Crippen LogP contribution in [0.15, 0.2) is 17.0 Å². The summed E-state index contributed by atoms with van der Waals surface area (Å²) in [6.45, 7) is 0. The van der Waals surface area contributed by atoms with E-state index in [0.717, 1.165) is 10.2 Å². The summed E-state index contributed by atoms with van der Waals surface area (Å²) in [4.78, 5) is 8.00. The molecule has 2 heterocycles. The van der Waals surface area contributed by atoms with Crippen LogP contribution in [0.4, 0.5) is 0 Å². The lowest BCUT2D eigenvalue weighted by Gasteiger charge is -1.99. The topological polar surface area (TPSA) is 64.8 Å². The van der Waals surface area contributed by atoms with E-state index >= 15 is 0 Å². The Morgan fingerprint density at radius 1 is 1.53 bits per heavy atom. The molecule has 0 saturated carbocycles. The molecule has 0 atom stereocenters. The van der Waals surface area contributed by atoms with Gasteiger partial charge in [-0.25, -0.2) is 22.4 Å². The van der Waals surface area contributed by atoms with Crippen molar-refractivity contribution in [2.45, 2.75) is 0 Å². The van der Waals surface area contributed by atoms with Gasteiger partial charge in [-0.1, -0.05) is 11.6 Å². The van der Waals surface area contributed by atoms with Crippen LogP contribution in [0, 0.1) is 0 Å². The monoisotopic (exact) mass is 309 g/mol. The van der Waals surface area contributed by atoms with Crippen molar-refractivity contribution in [1.29, 1.82) is 0 Å². The van der Waals surface area contributed by atoms with Crippen molar-refractivity contribution in [1.82, 2.24) is 13.9 Å². The van der Waals surface area contributed by atoms with Gasteiger partial charge in [0.15, 0.2) is 5.65 Å². The number of fused-ring (bicyclic) bond motifs is 1. The van der Waals surface area contributed by atoms with Gasteiger partial charge in [0.25, 0.3) is 0 Å². The Labute approximate surface area is 99.3 Å². The second-order valence-electron chi connectivity index (χ2n) is 2.90. The molecule has 2 rings (SSSR count). The molecule has 0 aromatic carbocycles. The Bertz CT molecular complexity index is 637. The molecule has 0 fully saturated rings. The van der Waals surface area contributed by atoms with E-state index < -0.39 is 10.0 Å². The van der Waals surface area contributed by atoms with Crippen LogP contribution in [0.3, 0.4) is 0 Å². The van der Waals surface area contributed by atoms with Crippen LogP contribution >= 0.6 is 27.5 Å². The summed E-state index contributed by atoms with van der Waals surface area (Å²) in [5.74, 6) is 0. The fourth-order valence-corrected chi connectivity index (χ4v) is 2.47. The zero-order chi connectivity index (χ0) is 11.2. The first-order valence-electron chi connectivity index (χ1n) is 3.79. The van der Waals surface area contributed by atoms with Crippen LogP contribution in [-0.4, -0.2) is 28.6 Å². The summed E-state index contributed by atoms with van der Waals surface area (Å²) in [6, 6.07) is 0. The third-order valence-corrected chi connectivity index (χ3v) is 3.40. The predicted octanol–water partition coefficient (Wildman–Crippen LogP) is 1.65. The predicted molar refractivity (Wildman–Crippen MR) is 60.5 cm³/mol. The zero-order valence-electron chi connectivity index (χ0n) is 7.48. The second-order valence-corrected chi connectivity index (χ2v) is 5.98. The van der Waals surface area contributed by atoms with Crippen LogP contribution in [0.25, 0.3) is 11.2 Å². The van der Waals surface area contributed by atoms with Gasteiger partial charge in [0.2, 0.25) is 10.0 Å². The summed E-state index contributed by atoms with van der Waals surface area (Å²) >= 11 is 8.98. The van der Waals surface area contributed by atoms with E-state index in [1.54, 1.807) is 0 Å². The van der Waals surface area contributed by atoms with Crippen molar-refractivity contribution in [3.63, 3.8) is 0 Å². The lowest BCUT2D eigenvalue weighted by atomic mass is 10.5. The first-order valence-corrected chi connectivity index (χ1v) is 6.81. The molecule has 0 aliphatic carbocycles. The van der Waals surface area contributed by atoms with Gasteiger partial charge in [-0.15, -0.1) is 0 Å². The molecule has 80 valence electrons. The van der Waals surface area contributed by atoms with Crippen molar-refractivity contribution in [2.75, 3.05) is 6.26 Å². The van der Waals surface area contributed by atoms with Crippen molar-refractivity contribution < 1.29 is 8.42 Å². The molecule has 0 aliphatic heterocycles. The first-order chi connectivity index (χ1) is 6.89. The Balaban J connectivity index is 2.92. The highest BCUT2D eigenvalue weighted by Crippen LogP contribution is 2.24. The minimum Gasteiger partial charge on any atom is -0.234 e. The average Bonchev–Trinajstić information content (AvgIpc) is 2.43. The van der Waals surface area contributed by atoms with Crippen LogP contribution in [-0.2, 0) is 10.0 Å². The van der Waals surface area contributed by atoms with Gasteiger partial charge in [0, 0.05) is 6.20 Å². The van der Waals surface area contributed by atoms with Crippen LogP contribution in [0.1, 0.15) is 0 Å². The van der Waals surface area contributed by atoms with E-state index in [1.807, 2.05) is 0 Å². The highest BCUT2D eigenvalue weighted by atomic mass is 79.9. The number of aromatic nitrogens is 3. The molecular weight excluding hydrogens is 306 g/mol. The summed E-state index contributed by atoms with van der Waals surface area (Å²) in [5.41, 5.74) is 0.585. The van der Waals surface area contributed by atoms with Gasteiger partial charge in [-0.3, -0.25) is 0 Å². The largest absolute Gasteiger partial charge is 0.237 e. The molecule has 0 N–H and O–H groups in total. The maximum absolute atomic E-state index is 11.4. The summed E-state index contributed by atoms with van der Waals surface area (Å²) in [7, 11) is -3.41. The summed E-state index contributed by atoms with van der Waals surface area (Å²) in [5, 5.41) is 0.254. The number of hydrogen-bond acceptors (Lipinski definition) is 4. The highest BCUT2D eigenvalue weighted by molar-refractivity contribution is 9.10. The molecule has 0 bridgehead atoms.